The molecule has 4 rings (SSSR count). The van der Waals surface area contributed by atoms with Crippen LogP contribution in [0, 0.1) is 6.92 Å². The van der Waals surface area contributed by atoms with Crippen LogP contribution in [-0.4, -0.2) is 17.7 Å². The zero-order valence-corrected chi connectivity index (χ0v) is 19.7. The lowest BCUT2D eigenvalue weighted by Crippen LogP contribution is -2.09. The summed E-state index contributed by atoms with van der Waals surface area (Å²) in [6.45, 7) is 1.76. The molecular formula is C30H26O3S. The second kappa shape index (κ2) is 11.4. The van der Waals surface area contributed by atoms with Crippen LogP contribution in [0.15, 0.2) is 114 Å². The maximum Gasteiger partial charge on any atom is 0.341 e. The Kier molecular flexibility index (Phi) is 7.84. The van der Waals surface area contributed by atoms with Crippen molar-refractivity contribution in [3.8, 4) is 16.9 Å². The summed E-state index contributed by atoms with van der Waals surface area (Å²) in [5, 5.41) is 8.91. The van der Waals surface area contributed by atoms with Crippen LogP contribution < -0.4 is 4.74 Å². The van der Waals surface area contributed by atoms with Crippen molar-refractivity contribution < 1.29 is 14.6 Å². The van der Waals surface area contributed by atoms with Gasteiger partial charge in [-0.3, -0.25) is 0 Å². The summed E-state index contributed by atoms with van der Waals surface area (Å²) in [6, 6.07) is 35.1. The lowest BCUT2D eigenvalue weighted by molar-refractivity contribution is -0.139. The molecule has 0 spiro atoms. The molecule has 0 aliphatic rings. The number of hydrogen-bond donors (Lipinski definition) is 1. The minimum Gasteiger partial charge on any atom is -0.482 e. The van der Waals surface area contributed by atoms with Gasteiger partial charge in [-0.15, -0.1) is 11.8 Å². The number of benzene rings is 4. The van der Waals surface area contributed by atoms with Gasteiger partial charge in [0.25, 0.3) is 0 Å². The average Bonchev–Trinajstić information content (AvgIpc) is 2.87. The molecule has 4 aromatic rings. The molecule has 1 unspecified atom stereocenters. The van der Waals surface area contributed by atoms with Crippen molar-refractivity contribution in [3.63, 3.8) is 0 Å². The number of hydrogen-bond acceptors (Lipinski definition) is 3. The largest absolute Gasteiger partial charge is 0.482 e. The van der Waals surface area contributed by atoms with Gasteiger partial charge >= 0.3 is 5.97 Å². The highest BCUT2D eigenvalue weighted by atomic mass is 32.2. The summed E-state index contributed by atoms with van der Waals surface area (Å²) in [6.07, 6.45) is 4.39. The maximum atomic E-state index is 10.7. The summed E-state index contributed by atoms with van der Waals surface area (Å²) in [4.78, 5) is 11.8. The third-order valence-corrected chi connectivity index (χ3v) is 6.53. The summed E-state index contributed by atoms with van der Waals surface area (Å²) in [5.41, 5.74) is 6.01. The van der Waals surface area contributed by atoms with Crippen LogP contribution in [0.4, 0.5) is 0 Å². The topological polar surface area (TPSA) is 46.5 Å². The van der Waals surface area contributed by atoms with Crippen LogP contribution in [0.1, 0.15) is 21.9 Å². The molecule has 3 nitrogen and oxygen atoms in total. The number of aliphatic carboxylic acids is 1. The third-order valence-electron chi connectivity index (χ3n) is 5.30. The van der Waals surface area contributed by atoms with Crippen molar-refractivity contribution >= 4 is 23.8 Å². The van der Waals surface area contributed by atoms with Crippen LogP contribution >= 0.6 is 11.8 Å². The number of carboxylic acids is 1. The summed E-state index contributed by atoms with van der Waals surface area (Å²) >= 11 is 1.74. The Morgan fingerprint density at radius 3 is 2.26 bits per heavy atom. The average molecular weight is 467 g/mol. The van der Waals surface area contributed by atoms with Crippen LogP contribution in [0.5, 0.6) is 5.75 Å². The van der Waals surface area contributed by atoms with E-state index < -0.39 is 5.97 Å². The van der Waals surface area contributed by atoms with E-state index in [1.54, 1.807) is 11.8 Å². The highest BCUT2D eigenvalue weighted by molar-refractivity contribution is 7.99. The van der Waals surface area contributed by atoms with Gasteiger partial charge in [-0.05, 0) is 53.4 Å². The smallest absolute Gasteiger partial charge is 0.341 e. The van der Waals surface area contributed by atoms with Gasteiger partial charge in [0.1, 0.15) is 5.75 Å². The van der Waals surface area contributed by atoms with Crippen molar-refractivity contribution in [1.82, 2.24) is 0 Å². The number of ether oxygens (including phenoxy) is 1. The fraction of sp³-hybridized carbons (Fsp3) is 0.100. The first-order valence-electron chi connectivity index (χ1n) is 11.1. The first-order chi connectivity index (χ1) is 16.6. The molecule has 0 saturated carbocycles. The first kappa shape index (κ1) is 23.4. The second-order valence-corrected chi connectivity index (χ2v) is 9.17. The number of carboxylic acid groups (broad SMARTS) is 1. The molecule has 170 valence electrons. The molecule has 0 aliphatic heterocycles. The van der Waals surface area contributed by atoms with Gasteiger partial charge < -0.3 is 9.84 Å². The molecular weight excluding hydrogens is 440 g/mol. The lowest BCUT2D eigenvalue weighted by Gasteiger charge is -2.15. The van der Waals surface area contributed by atoms with E-state index >= 15 is 0 Å². The number of carbonyl (C=O) groups is 1. The molecule has 0 aliphatic carbocycles. The summed E-state index contributed by atoms with van der Waals surface area (Å²) in [7, 11) is 0. The van der Waals surface area contributed by atoms with Crippen LogP contribution in [0.2, 0.25) is 0 Å². The van der Waals surface area contributed by atoms with E-state index in [2.05, 4.69) is 91.9 Å². The predicted molar refractivity (Wildman–Crippen MR) is 140 cm³/mol. The van der Waals surface area contributed by atoms with E-state index in [0.29, 0.717) is 5.75 Å². The monoisotopic (exact) mass is 466 g/mol. The minimum absolute atomic E-state index is 0.125. The highest BCUT2D eigenvalue weighted by Crippen LogP contribution is 2.38. The van der Waals surface area contributed by atoms with E-state index in [4.69, 9.17) is 9.84 Å². The van der Waals surface area contributed by atoms with Gasteiger partial charge in [0.15, 0.2) is 6.61 Å². The summed E-state index contributed by atoms with van der Waals surface area (Å²) in [5.74, 6) is -0.437. The highest BCUT2D eigenvalue weighted by Gasteiger charge is 2.11. The van der Waals surface area contributed by atoms with Crippen molar-refractivity contribution in [2.75, 3.05) is 6.61 Å². The predicted octanol–water partition coefficient (Wildman–Crippen LogP) is 7.67. The zero-order valence-electron chi connectivity index (χ0n) is 18.9. The summed E-state index contributed by atoms with van der Waals surface area (Å²) < 4.78 is 5.25. The van der Waals surface area contributed by atoms with E-state index in [1.165, 1.54) is 22.3 Å². The van der Waals surface area contributed by atoms with E-state index in [-0.39, 0.29) is 11.9 Å². The molecule has 0 fully saturated rings. The fourth-order valence-electron chi connectivity index (χ4n) is 3.59. The fourth-order valence-corrected chi connectivity index (χ4v) is 4.61. The van der Waals surface area contributed by atoms with Crippen LogP contribution in [-0.2, 0) is 4.79 Å². The molecule has 0 radical (unpaired) electrons. The third kappa shape index (κ3) is 6.63. The molecule has 0 bridgehead atoms. The molecule has 0 aromatic heterocycles. The molecule has 34 heavy (non-hydrogen) atoms. The van der Waals surface area contributed by atoms with Gasteiger partial charge in [-0.1, -0.05) is 96.6 Å². The molecule has 0 amide bonds. The number of rotatable bonds is 9. The maximum absolute atomic E-state index is 10.7. The van der Waals surface area contributed by atoms with Crippen LogP contribution in [0.3, 0.4) is 0 Å². The molecule has 0 heterocycles. The Bertz CT molecular complexity index is 1250. The molecule has 0 saturated heterocycles. The van der Waals surface area contributed by atoms with Gasteiger partial charge in [-0.25, -0.2) is 4.79 Å². The van der Waals surface area contributed by atoms with E-state index in [0.717, 1.165) is 10.5 Å². The van der Waals surface area contributed by atoms with Gasteiger partial charge in [0.05, 0.1) is 5.25 Å². The standard InChI is InChI=1S/C30H26O3S/c1-22-6-5-9-26(20-22)29(34-28-17-15-27(16-18-28)33-21-30(31)32)19-12-23-10-13-25(14-11-23)24-7-3-2-4-8-24/h2-20,29H,21H2,1H3,(H,31,32). The van der Waals surface area contributed by atoms with Crippen molar-refractivity contribution in [2.24, 2.45) is 0 Å². The molecule has 4 aromatic carbocycles. The Labute approximate surface area is 204 Å². The quantitative estimate of drug-likeness (QED) is 0.257. The van der Waals surface area contributed by atoms with Crippen molar-refractivity contribution in [2.45, 2.75) is 17.1 Å². The minimum atomic E-state index is -0.986. The SMILES string of the molecule is Cc1cccc(C(C=Cc2ccc(-c3ccccc3)cc2)Sc2ccc(OCC(=O)O)cc2)c1. The molecule has 4 heteroatoms. The van der Waals surface area contributed by atoms with E-state index in [9.17, 15) is 4.79 Å². The van der Waals surface area contributed by atoms with E-state index in [1.807, 2.05) is 30.3 Å². The molecule has 1 atom stereocenters. The zero-order chi connectivity index (χ0) is 23.8. The first-order valence-corrected chi connectivity index (χ1v) is 12.0. The normalized spacial score (nSPS) is 11.9. The Hall–Kier alpha value is -3.76. The second-order valence-electron chi connectivity index (χ2n) is 7.95. The van der Waals surface area contributed by atoms with Gasteiger partial charge in [0, 0.05) is 4.90 Å². The Balaban J connectivity index is 1.52. The van der Waals surface area contributed by atoms with Crippen LogP contribution in [0.25, 0.3) is 17.2 Å². The number of thioether (sulfide) groups is 1. The Morgan fingerprint density at radius 1 is 0.882 bits per heavy atom. The molecule has 1 N–H and O–H groups in total. The number of aryl methyl sites for hydroxylation is 1. The Morgan fingerprint density at radius 2 is 1.59 bits per heavy atom. The van der Waals surface area contributed by atoms with Crippen molar-refractivity contribution in [1.29, 1.82) is 0 Å². The lowest BCUT2D eigenvalue weighted by atomic mass is 10.0. The van der Waals surface area contributed by atoms with Crippen molar-refractivity contribution in [3.05, 3.63) is 126 Å². The van der Waals surface area contributed by atoms with Gasteiger partial charge in [0.2, 0.25) is 0 Å². The van der Waals surface area contributed by atoms with Gasteiger partial charge in [-0.2, -0.15) is 0 Å².